The van der Waals surface area contributed by atoms with Gasteiger partial charge in [0.15, 0.2) is 11.5 Å². The molecule has 0 bridgehead atoms. The first-order valence-corrected chi connectivity index (χ1v) is 5.56. The summed E-state index contributed by atoms with van der Waals surface area (Å²) in [6, 6.07) is 3.58. The number of nitrogens with two attached hydrogens (primary N) is 1. The third-order valence-corrected chi connectivity index (χ3v) is 2.39. The normalized spacial score (nSPS) is 11.5. The molecule has 19 heavy (non-hydrogen) atoms. The van der Waals surface area contributed by atoms with Gasteiger partial charge in [0.25, 0.3) is 0 Å². The van der Waals surface area contributed by atoms with Crippen molar-refractivity contribution in [2.45, 2.75) is 0 Å². The Bertz CT molecular complexity index is 486. The second kappa shape index (κ2) is 7.10. The number of rotatable bonds is 5. The number of nitrogens with one attached hydrogen (secondary N) is 2. The molecule has 0 fully saturated rings. The zero-order valence-electron chi connectivity index (χ0n) is 11.5. The second-order valence-electron chi connectivity index (χ2n) is 3.46. The van der Waals surface area contributed by atoms with Gasteiger partial charge in [0, 0.05) is 5.56 Å². The molecule has 0 spiro atoms. The van der Waals surface area contributed by atoms with Gasteiger partial charge in [-0.1, -0.05) is 0 Å². The van der Waals surface area contributed by atoms with E-state index < -0.39 is 0 Å². The Morgan fingerprint density at radius 1 is 1.21 bits per heavy atom. The van der Waals surface area contributed by atoms with Crippen LogP contribution in [-0.2, 0) is 0 Å². The molecule has 7 nitrogen and oxygen atoms in total. The van der Waals surface area contributed by atoms with Crippen LogP contribution in [0.2, 0.25) is 0 Å². The molecule has 0 saturated carbocycles. The van der Waals surface area contributed by atoms with Crippen LogP contribution in [-0.4, -0.2) is 40.6 Å². The number of guanidine groups is 1. The Morgan fingerprint density at radius 3 is 2.42 bits per heavy atom. The second-order valence-corrected chi connectivity index (χ2v) is 3.46. The predicted octanol–water partition coefficient (Wildman–Crippen LogP) is -1.34. The Hall–Kier alpha value is -2.44. The molecule has 0 unspecified atom stereocenters. The first-order chi connectivity index (χ1) is 9.17. The lowest BCUT2D eigenvalue weighted by Gasteiger charge is -2.13. The summed E-state index contributed by atoms with van der Waals surface area (Å²) in [6.45, 7) is 0. The van der Waals surface area contributed by atoms with Crippen LogP contribution in [0, 0.1) is 0 Å². The van der Waals surface area contributed by atoms with E-state index in [0.29, 0.717) is 23.2 Å². The van der Waals surface area contributed by atoms with Gasteiger partial charge < -0.3 is 14.2 Å². The third kappa shape index (κ3) is 3.51. The van der Waals surface area contributed by atoms with Crippen LogP contribution in [0.25, 0.3) is 0 Å². The van der Waals surface area contributed by atoms with E-state index in [1.54, 1.807) is 46.7 Å². The van der Waals surface area contributed by atoms with Crippen LogP contribution in [0.15, 0.2) is 17.2 Å². The maximum absolute atomic E-state index is 5.51. The molecular formula is C12H19N4O3+. The largest absolute Gasteiger partial charge is 0.493 e. The lowest BCUT2D eigenvalue weighted by molar-refractivity contribution is -0.423. The average Bonchev–Trinajstić information content (AvgIpc) is 2.45. The van der Waals surface area contributed by atoms with E-state index in [0.717, 1.165) is 5.56 Å². The minimum Gasteiger partial charge on any atom is -0.493 e. The maximum Gasteiger partial charge on any atom is 0.364 e. The van der Waals surface area contributed by atoms with Crippen molar-refractivity contribution in [1.82, 2.24) is 5.43 Å². The highest BCUT2D eigenvalue weighted by Gasteiger charge is 2.14. The van der Waals surface area contributed by atoms with Crippen molar-refractivity contribution in [3.8, 4) is 17.2 Å². The number of hydrogen-bond acceptors (Lipinski definition) is 4. The number of methoxy groups -OCH3 is 3. The van der Waals surface area contributed by atoms with Gasteiger partial charge in [-0.15, -0.1) is 5.10 Å². The molecule has 0 aliphatic carbocycles. The standard InChI is InChI=1S/C12H18N4O3/c1-14-12(13)16-15-7-8-5-6-9(17-2)11(19-4)10(8)18-3/h5-7H,1-4H3,(H3,13,14,16)/p+1/b15-7+. The van der Waals surface area contributed by atoms with E-state index in [-0.39, 0.29) is 0 Å². The molecule has 1 rings (SSSR count). The van der Waals surface area contributed by atoms with Gasteiger partial charge in [0.05, 0.1) is 34.6 Å². The fourth-order valence-electron chi connectivity index (χ4n) is 1.45. The molecule has 0 atom stereocenters. The molecule has 0 saturated heterocycles. The van der Waals surface area contributed by atoms with Crippen LogP contribution < -0.4 is 30.4 Å². The number of hydrazone groups is 1. The molecule has 0 aromatic heterocycles. The van der Waals surface area contributed by atoms with Crippen molar-refractivity contribution < 1.29 is 19.2 Å². The van der Waals surface area contributed by atoms with Crippen molar-refractivity contribution in [3.05, 3.63) is 17.7 Å². The van der Waals surface area contributed by atoms with Gasteiger partial charge >= 0.3 is 5.96 Å². The monoisotopic (exact) mass is 267 g/mol. The first-order valence-electron chi connectivity index (χ1n) is 5.56. The van der Waals surface area contributed by atoms with Crippen molar-refractivity contribution in [3.63, 3.8) is 0 Å². The fraction of sp³-hybridized carbons (Fsp3) is 0.333. The van der Waals surface area contributed by atoms with E-state index >= 15 is 0 Å². The summed E-state index contributed by atoms with van der Waals surface area (Å²) in [5, 5.41) is 3.98. The molecule has 1 aromatic carbocycles. The summed E-state index contributed by atoms with van der Waals surface area (Å²) in [7, 11) is 6.35. The first kappa shape index (κ1) is 14.6. The van der Waals surface area contributed by atoms with E-state index in [1.807, 2.05) is 0 Å². The van der Waals surface area contributed by atoms with Crippen molar-refractivity contribution >= 4 is 12.2 Å². The summed E-state index contributed by atoms with van der Waals surface area (Å²) in [5.41, 5.74) is 8.87. The van der Waals surface area contributed by atoms with Gasteiger partial charge in [-0.2, -0.15) is 5.43 Å². The minimum atomic E-state index is 0.343. The van der Waals surface area contributed by atoms with Gasteiger partial charge in [-0.25, -0.2) is 0 Å². The Labute approximate surface area is 112 Å². The minimum absolute atomic E-state index is 0.343. The van der Waals surface area contributed by atoms with Crippen molar-refractivity contribution in [2.75, 3.05) is 28.4 Å². The van der Waals surface area contributed by atoms with E-state index in [4.69, 9.17) is 19.9 Å². The van der Waals surface area contributed by atoms with Gasteiger partial charge in [-0.05, 0) is 12.1 Å². The Kier molecular flexibility index (Phi) is 5.46. The van der Waals surface area contributed by atoms with Crippen molar-refractivity contribution in [1.29, 1.82) is 0 Å². The zero-order chi connectivity index (χ0) is 14.3. The molecule has 0 amide bonds. The summed E-state index contributed by atoms with van der Waals surface area (Å²) in [6.07, 6.45) is 1.57. The summed E-state index contributed by atoms with van der Waals surface area (Å²) in [4.78, 5) is 2.71. The smallest absolute Gasteiger partial charge is 0.364 e. The van der Waals surface area contributed by atoms with Gasteiger partial charge in [0.1, 0.15) is 0 Å². The van der Waals surface area contributed by atoms with Crippen LogP contribution >= 0.6 is 0 Å². The molecule has 0 aliphatic heterocycles. The highest BCUT2D eigenvalue weighted by atomic mass is 16.5. The number of hydrogen-bond donors (Lipinski definition) is 3. The fourth-order valence-corrected chi connectivity index (χ4v) is 1.45. The summed E-state index contributed by atoms with van der Waals surface area (Å²) < 4.78 is 15.8. The van der Waals surface area contributed by atoms with E-state index in [9.17, 15) is 0 Å². The molecule has 0 radical (unpaired) electrons. The lowest BCUT2D eigenvalue weighted by Crippen LogP contribution is -2.74. The van der Waals surface area contributed by atoms with E-state index in [1.165, 1.54) is 0 Å². The van der Waals surface area contributed by atoms with Gasteiger partial charge in [-0.3, -0.25) is 10.7 Å². The van der Waals surface area contributed by atoms with Crippen LogP contribution in [0.3, 0.4) is 0 Å². The topological polar surface area (TPSA) is 92.1 Å². The summed E-state index contributed by atoms with van der Waals surface area (Å²) in [5.74, 6) is 1.98. The molecule has 0 heterocycles. The lowest BCUT2D eigenvalue weighted by atomic mass is 10.2. The zero-order valence-corrected chi connectivity index (χ0v) is 11.5. The molecule has 0 aliphatic rings. The van der Waals surface area contributed by atoms with Crippen LogP contribution in [0.5, 0.6) is 17.2 Å². The Morgan fingerprint density at radius 2 is 1.89 bits per heavy atom. The predicted molar refractivity (Wildman–Crippen MR) is 72.9 cm³/mol. The molecular weight excluding hydrogens is 248 g/mol. The number of ether oxygens (including phenoxy) is 3. The Balaban J connectivity index is 3.08. The van der Waals surface area contributed by atoms with Gasteiger partial charge in [0.2, 0.25) is 5.75 Å². The van der Waals surface area contributed by atoms with Crippen molar-refractivity contribution in [2.24, 2.45) is 10.8 Å². The number of benzene rings is 1. The summed E-state index contributed by atoms with van der Waals surface area (Å²) >= 11 is 0. The highest BCUT2D eigenvalue weighted by Crippen LogP contribution is 2.38. The third-order valence-electron chi connectivity index (χ3n) is 2.39. The van der Waals surface area contributed by atoms with E-state index in [2.05, 4.69) is 15.5 Å². The maximum atomic E-state index is 5.51. The molecule has 104 valence electrons. The SMILES string of the molecule is C[NH+]=C(N)N/N=C/c1ccc(OC)c(OC)c1OC. The molecule has 4 N–H and O–H groups in total. The molecule has 7 heteroatoms. The van der Waals surface area contributed by atoms with Crippen LogP contribution in [0.4, 0.5) is 0 Å². The average molecular weight is 267 g/mol. The van der Waals surface area contributed by atoms with Crippen LogP contribution in [0.1, 0.15) is 5.56 Å². The molecule has 1 aromatic rings. The highest BCUT2D eigenvalue weighted by molar-refractivity contribution is 5.87. The quantitative estimate of drug-likeness (QED) is 0.349. The number of nitrogens with zero attached hydrogens (tertiary/aromatic N) is 1.